The van der Waals surface area contributed by atoms with Gasteiger partial charge in [-0.15, -0.1) is 15.3 Å². The fourth-order valence-corrected chi connectivity index (χ4v) is 3.71. The molecule has 3 heterocycles. The summed E-state index contributed by atoms with van der Waals surface area (Å²) in [5, 5.41) is 21.9. The van der Waals surface area contributed by atoms with Gasteiger partial charge < -0.3 is 9.64 Å². The third kappa shape index (κ3) is 4.49. The van der Waals surface area contributed by atoms with Crippen molar-refractivity contribution in [1.29, 1.82) is 0 Å². The minimum atomic E-state index is -0.322. The summed E-state index contributed by atoms with van der Waals surface area (Å²) in [5.74, 6) is 0.914. The number of benzene rings is 1. The largest absolute Gasteiger partial charge is 0.473 e. The summed E-state index contributed by atoms with van der Waals surface area (Å²) in [4.78, 5) is 2.18. The van der Waals surface area contributed by atoms with Gasteiger partial charge in [-0.05, 0) is 41.3 Å². The van der Waals surface area contributed by atoms with Gasteiger partial charge in [0.2, 0.25) is 11.7 Å². The van der Waals surface area contributed by atoms with Crippen LogP contribution in [-0.2, 0) is 6.42 Å². The molecule has 0 unspecified atom stereocenters. The van der Waals surface area contributed by atoms with Gasteiger partial charge in [-0.2, -0.15) is 10.3 Å². The van der Waals surface area contributed by atoms with Crippen molar-refractivity contribution in [2.45, 2.75) is 39.2 Å². The minimum absolute atomic E-state index is 0.0558. The monoisotopic (exact) mass is 397 g/mol. The van der Waals surface area contributed by atoms with Gasteiger partial charge >= 0.3 is 0 Å². The lowest BCUT2D eigenvalue weighted by atomic mass is 9.97. The molecule has 29 heavy (non-hydrogen) atoms. The van der Waals surface area contributed by atoms with Crippen LogP contribution in [0.3, 0.4) is 0 Å². The van der Waals surface area contributed by atoms with Crippen molar-refractivity contribution < 1.29 is 9.13 Å². The van der Waals surface area contributed by atoms with Crippen LogP contribution in [0.5, 0.6) is 5.88 Å². The molecular formula is C20H24FN7O. The first kappa shape index (κ1) is 19.2. The summed E-state index contributed by atoms with van der Waals surface area (Å²) >= 11 is 0. The molecule has 1 N–H and O–H groups in total. The number of piperidine rings is 1. The van der Waals surface area contributed by atoms with E-state index in [1.54, 1.807) is 24.4 Å². The molecule has 0 saturated carbocycles. The summed E-state index contributed by atoms with van der Waals surface area (Å²) in [6, 6.07) is 7.24. The molecule has 2 aromatic heterocycles. The average molecular weight is 397 g/mol. The molecule has 0 radical (unpaired) electrons. The summed E-state index contributed by atoms with van der Waals surface area (Å²) in [6.45, 7) is 5.72. The average Bonchev–Trinajstić information content (AvgIpc) is 3.23. The second-order valence-electron chi connectivity index (χ2n) is 7.67. The summed E-state index contributed by atoms with van der Waals surface area (Å²) in [6.07, 6.45) is 4.09. The molecule has 1 aromatic carbocycles. The number of anilines is 1. The van der Waals surface area contributed by atoms with Crippen LogP contribution in [0, 0.1) is 11.7 Å². The van der Waals surface area contributed by atoms with E-state index < -0.39 is 0 Å². The number of nitrogens with one attached hydrogen (secondary N) is 1. The number of hydrogen-bond donors (Lipinski definition) is 1. The Kier molecular flexibility index (Phi) is 5.64. The number of H-pyrrole nitrogens is 1. The fraction of sp³-hybridized carbons (Fsp3) is 0.450. The van der Waals surface area contributed by atoms with E-state index in [1.165, 1.54) is 0 Å². The zero-order chi connectivity index (χ0) is 20.2. The molecule has 8 nitrogen and oxygen atoms in total. The molecule has 9 heteroatoms. The molecule has 0 bridgehead atoms. The molecule has 152 valence electrons. The van der Waals surface area contributed by atoms with Gasteiger partial charge in [-0.1, -0.05) is 13.8 Å². The lowest BCUT2D eigenvalue weighted by Crippen LogP contribution is -2.38. The summed E-state index contributed by atoms with van der Waals surface area (Å²) < 4.78 is 21.0. The van der Waals surface area contributed by atoms with E-state index in [4.69, 9.17) is 4.74 Å². The van der Waals surface area contributed by atoms with Gasteiger partial charge in [0.05, 0.1) is 11.3 Å². The highest BCUT2D eigenvalue weighted by Crippen LogP contribution is 2.35. The van der Waals surface area contributed by atoms with E-state index in [0.717, 1.165) is 43.6 Å². The minimum Gasteiger partial charge on any atom is -0.473 e. The first-order valence-electron chi connectivity index (χ1n) is 9.85. The smallest absolute Gasteiger partial charge is 0.233 e. The van der Waals surface area contributed by atoms with Crippen LogP contribution in [0.25, 0.3) is 11.4 Å². The van der Waals surface area contributed by atoms with E-state index in [0.29, 0.717) is 17.4 Å². The van der Waals surface area contributed by atoms with Crippen molar-refractivity contribution in [2.75, 3.05) is 18.0 Å². The predicted molar refractivity (Wildman–Crippen MR) is 106 cm³/mol. The highest BCUT2D eigenvalue weighted by Gasteiger charge is 2.26. The Balaban J connectivity index is 1.56. The second kappa shape index (κ2) is 8.50. The third-order valence-electron chi connectivity index (χ3n) is 4.96. The summed E-state index contributed by atoms with van der Waals surface area (Å²) in [7, 11) is 0. The van der Waals surface area contributed by atoms with Crippen LogP contribution in [0.2, 0.25) is 0 Å². The van der Waals surface area contributed by atoms with E-state index >= 15 is 4.39 Å². The molecule has 4 rings (SSSR count). The van der Waals surface area contributed by atoms with Crippen LogP contribution >= 0.6 is 0 Å². The van der Waals surface area contributed by atoms with Crippen molar-refractivity contribution in [3.05, 3.63) is 41.8 Å². The standard InChI is InChI=1S/C20H24FN7O/c1-13(2)10-14-11-16(21)19(20-24-26-27-25-20)17(12-14)28-8-5-15(6-9-28)29-18-4-3-7-22-23-18/h3-4,7,11-13,15H,5-6,8-10H2,1-2H3,(H,24,25,26,27). The Morgan fingerprint density at radius 2 is 2.07 bits per heavy atom. The number of hydrogen-bond acceptors (Lipinski definition) is 7. The van der Waals surface area contributed by atoms with E-state index in [2.05, 4.69) is 55.6 Å². The Bertz CT molecular complexity index is 926. The van der Waals surface area contributed by atoms with Crippen molar-refractivity contribution in [1.82, 2.24) is 30.8 Å². The molecular weight excluding hydrogens is 373 g/mol. The lowest BCUT2D eigenvalue weighted by Gasteiger charge is -2.34. The molecule has 0 amide bonds. The number of tetrazole rings is 1. The van der Waals surface area contributed by atoms with Crippen LogP contribution in [0.4, 0.5) is 10.1 Å². The Hall–Kier alpha value is -3.10. The van der Waals surface area contributed by atoms with Crippen LogP contribution in [-0.4, -0.2) is 50.0 Å². The molecule has 3 aromatic rings. The zero-order valence-corrected chi connectivity index (χ0v) is 16.5. The molecule has 0 aliphatic carbocycles. The quantitative estimate of drug-likeness (QED) is 0.683. The highest BCUT2D eigenvalue weighted by atomic mass is 19.1. The predicted octanol–water partition coefficient (Wildman–Crippen LogP) is 3.04. The molecule has 0 spiro atoms. The molecule has 1 aliphatic rings. The van der Waals surface area contributed by atoms with Crippen molar-refractivity contribution in [3.63, 3.8) is 0 Å². The maximum atomic E-state index is 15.1. The highest BCUT2D eigenvalue weighted by molar-refractivity contribution is 5.75. The van der Waals surface area contributed by atoms with Crippen LogP contribution in [0.15, 0.2) is 30.5 Å². The molecule has 1 saturated heterocycles. The second-order valence-corrected chi connectivity index (χ2v) is 7.67. The maximum Gasteiger partial charge on any atom is 0.233 e. The number of rotatable bonds is 6. The number of aromatic amines is 1. The first-order chi connectivity index (χ1) is 14.1. The van der Waals surface area contributed by atoms with Gasteiger partial charge in [0.15, 0.2) is 0 Å². The van der Waals surface area contributed by atoms with Gasteiger partial charge in [-0.25, -0.2) is 4.39 Å². The number of ether oxygens (including phenoxy) is 1. The molecule has 1 aliphatic heterocycles. The first-order valence-corrected chi connectivity index (χ1v) is 9.85. The summed E-state index contributed by atoms with van der Waals surface area (Å²) in [5.41, 5.74) is 2.16. The topological polar surface area (TPSA) is 92.7 Å². The van der Waals surface area contributed by atoms with E-state index in [-0.39, 0.29) is 17.7 Å². The zero-order valence-electron chi connectivity index (χ0n) is 16.5. The lowest BCUT2D eigenvalue weighted by molar-refractivity contribution is 0.162. The van der Waals surface area contributed by atoms with E-state index in [9.17, 15) is 0 Å². The van der Waals surface area contributed by atoms with Crippen molar-refractivity contribution >= 4 is 5.69 Å². The van der Waals surface area contributed by atoms with Crippen molar-refractivity contribution in [3.8, 4) is 17.3 Å². The van der Waals surface area contributed by atoms with Gasteiger partial charge in [0, 0.05) is 38.2 Å². The van der Waals surface area contributed by atoms with Gasteiger partial charge in [0.25, 0.3) is 0 Å². The van der Waals surface area contributed by atoms with E-state index in [1.807, 2.05) is 0 Å². The fourth-order valence-electron chi connectivity index (χ4n) is 3.71. The Morgan fingerprint density at radius 3 is 2.72 bits per heavy atom. The van der Waals surface area contributed by atoms with Gasteiger partial charge in [0.1, 0.15) is 11.9 Å². The molecule has 0 atom stereocenters. The number of aromatic nitrogens is 6. The van der Waals surface area contributed by atoms with Crippen LogP contribution in [0.1, 0.15) is 32.3 Å². The molecule has 1 fully saturated rings. The maximum absolute atomic E-state index is 15.1. The third-order valence-corrected chi connectivity index (χ3v) is 4.96. The Labute approximate surface area is 168 Å². The number of nitrogens with zero attached hydrogens (tertiary/aromatic N) is 6. The SMILES string of the molecule is CC(C)Cc1cc(F)c(-c2nn[nH]n2)c(N2CCC(Oc3cccnn3)CC2)c1. The normalized spacial score (nSPS) is 15.1. The number of halogens is 1. The Morgan fingerprint density at radius 1 is 1.24 bits per heavy atom. The van der Waals surface area contributed by atoms with Crippen LogP contribution < -0.4 is 9.64 Å². The van der Waals surface area contributed by atoms with Crippen molar-refractivity contribution in [2.24, 2.45) is 5.92 Å². The van der Waals surface area contributed by atoms with Gasteiger partial charge in [-0.3, -0.25) is 0 Å².